The smallest absolute Gasteiger partial charge is 0.317 e. The largest absolute Gasteiger partial charge is 0.459 e. The topological polar surface area (TPSA) is 164 Å². The van der Waals surface area contributed by atoms with Gasteiger partial charge in [0.25, 0.3) is 0 Å². The molecule has 18 nitrogen and oxygen atoms in total. The number of hydrogen-bond donors (Lipinski definition) is 0. The molecule has 0 amide bonds. The van der Waals surface area contributed by atoms with E-state index in [4.69, 9.17) is 54.9 Å². The van der Waals surface area contributed by atoms with Crippen LogP contribution in [0.25, 0.3) is 21.5 Å². The Balaban J connectivity index is 0.754. The van der Waals surface area contributed by atoms with Crippen molar-refractivity contribution in [2.24, 2.45) is 9.98 Å². The Morgan fingerprint density at radius 2 is 0.794 bits per heavy atom. The van der Waals surface area contributed by atoms with Crippen molar-refractivity contribution in [3.05, 3.63) is 120 Å². The fraction of sp³-hybridized carbons (Fsp3) is 0.550. The van der Waals surface area contributed by atoms with Crippen molar-refractivity contribution in [2.45, 2.75) is 241 Å². The Hall–Kier alpha value is -6.13. The zero-order valence-electron chi connectivity index (χ0n) is 64.2. The second-order valence-electron chi connectivity index (χ2n) is 34.4. The highest BCUT2D eigenvalue weighted by Crippen LogP contribution is 2.57. The fourth-order valence-electron chi connectivity index (χ4n) is 18.3. The molecule has 7 aliphatic rings. The van der Waals surface area contributed by atoms with Gasteiger partial charge in [-0.25, -0.2) is 0 Å². The summed E-state index contributed by atoms with van der Waals surface area (Å²) in [5, 5.41) is 3.50. The molecule has 3 saturated heterocycles. The van der Waals surface area contributed by atoms with E-state index >= 15 is 0 Å². The molecule has 13 rings (SSSR count). The zero-order chi connectivity index (χ0) is 73.2. The molecule has 0 saturated carbocycles. The van der Waals surface area contributed by atoms with Gasteiger partial charge in [0, 0.05) is 96.5 Å². The number of carbonyl (C=O) groups is 2. The summed E-state index contributed by atoms with van der Waals surface area (Å²) >= 11 is 0. The number of para-hydroxylation sites is 2. The van der Waals surface area contributed by atoms with Crippen LogP contribution < -0.4 is 28.7 Å². The van der Waals surface area contributed by atoms with Gasteiger partial charge in [0.1, 0.15) is 34.4 Å². The first kappa shape index (κ1) is 74.2. The van der Waals surface area contributed by atoms with Gasteiger partial charge in [0.15, 0.2) is 0 Å². The number of fused-ring (bicyclic) bond motifs is 8. The number of ether oxygens (including phenoxy) is 6. The van der Waals surface area contributed by atoms with E-state index in [0.29, 0.717) is 72.5 Å². The first-order valence-corrected chi connectivity index (χ1v) is 47.1. The van der Waals surface area contributed by atoms with Crippen LogP contribution in [0.5, 0.6) is 23.0 Å². The number of likely N-dealkylation sites (tertiary alicyclic amines) is 2. The molecular formula is C80H110N6O12Si4. The van der Waals surface area contributed by atoms with E-state index < -0.39 is 68.5 Å². The van der Waals surface area contributed by atoms with Crippen LogP contribution in [0, 0.1) is 0 Å². The Morgan fingerprint density at radius 1 is 0.461 bits per heavy atom. The van der Waals surface area contributed by atoms with Gasteiger partial charge in [0.2, 0.25) is 11.4 Å². The van der Waals surface area contributed by atoms with Gasteiger partial charge in [-0.2, -0.15) is 0 Å². The molecule has 0 aromatic heterocycles. The highest BCUT2D eigenvalue weighted by atomic mass is 28.5. The number of anilines is 2. The van der Waals surface area contributed by atoms with E-state index in [1.807, 2.05) is 73.1 Å². The molecule has 0 radical (unpaired) electrons. The number of piperidine rings is 2. The molecule has 548 valence electrons. The van der Waals surface area contributed by atoms with Gasteiger partial charge in [0.05, 0.1) is 35.5 Å². The lowest BCUT2D eigenvalue weighted by molar-refractivity contribution is -0.135. The molecule has 6 aromatic carbocycles. The van der Waals surface area contributed by atoms with Crippen LogP contribution >= 0.6 is 0 Å². The molecule has 3 fully saturated rings. The lowest BCUT2D eigenvalue weighted by Gasteiger charge is -2.53. The third kappa shape index (κ3) is 13.6. The van der Waals surface area contributed by atoms with Crippen molar-refractivity contribution < 1.29 is 54.5 Å². The van der Waals surface area contributed by atoms with E-state index in [9.17, 15) is 9.59 Å². The minimum absolute atomic E-state index is 0.0204. The number of benzene rings is 6. The molecular weight excluding hydrogens is 1350 g/mol. The van der Waals surface area contributed by atoms with Gasteiger partial charge in [-0.15, -0.1) is 0 Å². The average Bonchev–Trinajstić information content (AvgIpc) is 1.53. The lowest BCUT2D eigenvalue weighted by Crippen LogP contribution is -2.67. The van der Waals surface area contributed by atoms with Crippen LogP contribution in [0.3, 0.4) is 0 Å². The lowest BCUT2D eigenvalue weighted by atomic mass is 9.77. The molecule has 2 unspecified atom stereocenters. The van der Waals surface area contributed by atoms with Crippen LogP contribution in [0.1, 0.15) is 146 Å². The number of nitrogens with zero attached hydrogens (tertiary/aromatic N) is 6. The highest BCUT2D eigenvalue weighted by Gasteiger charge is 2.61. The van der Waals surface area contributed by atoms with Crippen molar-refractivity contribution in [3.63, 3.8) is 0 Å². The third-order valence-electron chi connectivity index (χ3n) is 24.3. The average molecular weight is 1460 g/mol. The third-order valence-corrected chi connectivity index (χ3v) is 43.0. The van der Waals surface area contributed by atoms with E-state index in [0.717, 1.165) is 58.6 Å². The predicted molar refractivity (Wildman–Crippen MR) is 416 cm³/mol. The monoisotopic (exact) mass is 1460 g/mol. The summed E-state index contributed by atoms with van der Waals surface area (Å²) in [5.74, 6) is 1.27. The summed E-state index contributed by atoms with van der Waals surface area (Å²) in [6.45, 7) is 36.5. The van der Waals surface area contributed by atoms with Crippen molar-refractivity contribution in [2.75, 3.05) is 51.2 Å². The highest BCUT2D eigenvalue weighted by molar-refractivity contribution is 6.94. The fourth-order valence-corrected chi connectivity index (χ4v) is 41.2. The maximum Gasteiger partial charge on any atom is 0.317 e. The minimum atomic E-state index is -3.44. The molecule has 0 N–H and O–H groups in total. The number of rotatable bonds is 18. The number of esters is 2. The van der Waals surface area contributed by atoms with Crippen molar-refractivity contribution in [1.82, 2.24) is 9.80 Å². The second kappa shape index (κ2) is 26.4. The number of aliphatic imine (C=N–C) groups is 2. The van der Waals surface area contributed by atoms with Gasteiger partial charge in [-0.05, 0) is 244 Å². The molecule has 102 heavy (non-hydrogen) atoms. The second-order valence-corrected chi connectivity index (χ2v) is 48.7. The summed E-state index contributed by atoms with van der Waals surface area (Å²) < 4.78 is 71.1. The molecule has 22 heteroatoms. The van der Waals surface area contributed by atoms with Gasteiger partial charge >= 0.3 is 46.2 Å². The first-order valence-electron chi connectivity index (χ1n) is 37.0. The van der Waals surface area contributed by atoms with E-state index in [1.165, 1.54) is 11.1 Å². The van der Waals surface area contributed by atoms with Crippen molar-refractivity contribution in [3.8, 4) is 23.0 Å². The van der Waals surface area contributed by atoms with Crippen LogP contribution in [0.4, 0.5) is 22.7 Å². The SMILES string of the molecule is CN1C(C)(C)CC(OCCC[Si]2(C)O[Si](C)(CCC(=O)Oc3ccc4ccc5c(c4c3)N=CC3(O5)N(C)c4ccccc4C3(C)C)O[Si](C)(CCCOC3CC(C)(C)N(C)C(C)(C)C3)O[Si](C)(CCC(=O)Oc3ccc4ccc5c(c4c3)N=CC3(O5)N(C)c4ccccc4C3(C)C)O2)CC1(C)C. The summed E-state index contributed by atoms with van der Waals surface area (Å²) in [7, 11) is -5.06. The molecule has 0 aliphatic carbocycles. The van der Waals surface area contributed by atoms with Crippen LogP contribution in [0.15, 0.2) is 119 Å². The Morgan fingerprint density at radius 3 is 1.15 bits per heavy atom. The zero-order valence-corrected chi connectivity index (χ0v) is 68.2. The Bertz CT molecular complexity index is 3980. The minimum Gasteiger partial charge on any atom is -0.459 e. The Labute approximate surface area is 609 Å². The molecule has 0 bridgehead atoms. The van der Waals surface area contributed by atoms with Gasteiger partial charge < -0.3 is 54.7 Å². The van der Waals surface area contributed by atoms with E-state index in [1.54, 1.807) is 0 Å². The number of hydrogen-bond acceptors (Lipinski definition) is 18. The van der Waals surface area contributed by atoms with Crippen LogP contribution in [-0.2, 0) is 46.4 Å². The number of carbonyl (C=O) groups excluding carboxylic acids is 2. The van der Waals surface area contributed by atoms with E-state index in [-0.39, 0.29) is 59.3 Å². The van der Waals surface area contributed by atoms with E-state index in [2.05, 4.69) is 206 Å². The number of likely N-dealkylation sites (N-methyl/N-ethyl adjacent to an activating group) is 2. The standard InChI is InChI=1S/C80H110N6O12Si4/c1-73(2)49-59(50-74(3,4)85(73)15)89-41-25-43-99(17)95-101(19,45-39-69(87)91-57-35-31-55-33-37-67-71(61(55)47-57)81-53-79(93-67)77(9,10)63-27-21-23-29-65(63)83(79)13)97-100(18,44-26-42-90-60-51-75(5,6)86(16)76(7,8)52-60)98-102(20,96-99)46-40-70(88)92-58-36-32-56-34-38-68-72(62(56)48-58)82-54-80(94-68)78(11,12)64-28-22-24-30-66(64)84(80)14/h21-24,27-38,47-48,53-54,59-60H,25-26,39-46,49-52H2,1-20H3. The van der Waals surface area contributed by atoms with Crippen molar-refractivity contribution in [1.29, 1.82) is 0 Å². The molecule has 7 aliphatic heterocycles. The Kier molecular flexibility index (Phi) is 19.2. The molecule has 2 spiro atoms. The van der Waals surface area contributed by atoms with Gasteiger partial charge in [-0.1, -0.05) is 60.7 Å². The molecule has 6 aromatic rings. The summed E-state index contributed by atoms with van der Waals surface area (Å²) in [5.41, 5.74) is 3.22. The normalized spacial score (nSPS) is 29.0. The molecule has 7 heterocycles. The summed E-state index contributed by atoms with van der Waals surface area (Å²) in [6.07, 6.45) is 9.02. The maximum atomic E-state index is 14.6. The van der Waals surface area contributed by atoms with Gasteiger partial charge in [-0.3, -0.25) is 29.4 Å². The predicted octanol–water partition coefficient (Wildman–Crippen LogP) is 17.2. The molecule has 2 atom stereocenters. The quantitative estimate of drug-likeness (QED) is 0.0345. The summed E-state index contributed by atoms with van der Waals surface area (Å²) in [6, 6.07) is 37.9. The van der Waals surface area contributed by atoms with Crippen LogP contribution in [0.2, 0.25) is 50.4 Å². The van der Waals surface area contributed by atoms with Crippen molar-refractivity contribution >= 4 is 103 Å². The first-order chi connectivity index (χ1) is 47.7. The summed E-state index contributed by atoms with van der Waals surface area (Å²) in [4.78, 5) is 48.7. The van der Waals surface area contributed by atoms with Crippen LogP contribution in [-0.4, -0.2) is 156 Å². The maximum absolute atomic E-state index is 14.6.